The van der Waals surface area contributed by atoms with Crippen molar-refractivity contribution < 1.29 is 4.42 Å². The maximum absolute atomic E-state index is 6.38. The van der Waals surface area contributed by atoms with E-state index in [0.717, 1.165) is 50.1 Å². The highest BCUT2D eigenvalue weighted by atomic mass is 16.3. The van der Waals surface area contributed by atoms with E-state index in [2.05, 4.69) is 181 Å². The quantitative estimate of drug-likeness (QED) is 0.175. The number of hydrogen-bond donors (Lipinski definition) is 0. The minimum Gasteiger partial charge on any atom is -0.455 e. The zero-order valence-electron chi connectivity index (χ0n) is 27.3. The Morgan fingerprint density at radius 2 is 0.880 bits per heavy atom. The molecule has 0 amide bonds. The third kappa shape index (κ3) is 4.65. The Kier molecular flexibility index (Phi) is 6.53. The summed E-state index contributed by atoms with van der Waals surface area (Å²) in [6, 6.07) is 67.5. The number of furan rings is 1. The number of nitrogens with zero attached hydrogens (tertiary/aromatic N) is 1. The monoisotopic (exact) mass is 637 g/mol. The first-order valence-corrected chi connectivity index (χ1v) is 17.1. The first-order chi connectivity index (χ1) is 24.8. The van der Waals surface area contributed by atoms with Crippen LogP contribution in [0.2, 0.25) is 0 Å². The molecule has 234 valence electrons. The lowest BCUT2D eigenvalue weighted by Gasteiger charge is -2.26. The Morgan fingerprint density at radius 3 is 1.66 bits per heavy atom. The van der Waals surface area contributed by atoms with Crippen molar-refractivity contribution >= 4 is 71.3 Å². The molecule has 0 bridgehead atoms. The Balaban J connectivity index is 1.07. The van der Waals surface area contributed by atoms with E-state index < -0.39 is 0 Å². The highest BCUT2D eigenvalue weighted by Crippen LogP contribution is 2.41. The maximum atomic E-state index is 6.38. The van der Waals surface area contributed by atoms with Crippen LogP contribution >= 0.6 is 0 Å². The summed E-state index contributed by atoms with van der Waals surface area (Å²) in [5.74, 6) is 0. The van der Waals surface area contributed by atoms with Crippen LogP contribution in [0.3, 0.4) is 0 Å². The Labute approximate surface area is 290 Å². The number of fused-ring (bicyclic) bond motifs is 7. The second-order valence-corrected chi connectivity index (χ2v) is 12.9. The molecule has 0 radical (unpaired) electrons. The van der Waals surface area contributed by atoms with Crippen LogP contribution in [-0.4, -0.2) is 0 Å². The second-order valence-electron chi connectivity index (χ2n) is 12.9. The van der Waals surface area contributed by atoms with Crippen molar-refractivity contribution in [2.45, 2.75) is 0 Å². The van der Waals surface area contributed by atoms with E-state index in [9.17, 15) is 0 Å². The Morgan fingerprint density at radius 1 is 0.320 bits per heavy atom. The van der Waals surface area contributed by atoms with Gasteiger partial charge in [0, 0.05) is 33.4 Å². The summed E-state index contributed by atoms with van der Waals surface area (Å²) in [5, 5.41) is 9.81. The van der Waals surface area contributed by atoms with Crippen LogP contribution in [0.5, 0.6) is 0 Å². The van der Waals surface area contributed by atoms with E-state index in [1.807, 2.05) is 12.1 Å². The molecule has 1 heterocycles. The third-order valence-electron chi connectivity index (χ3n) is 10.1. The first-order valence-electron chi connectivity index (χ1n) is 17.1. The van der Waals surface area contributed by atoms with E-state index in [4.69, 9.17) is 4.42 Å². The van der Waals surface area contributed by atoms with Crippen LogP contribution in [-0.2, 0) is 0 Å². The maximum Gasteiger partial charge on any atom is 0.143 e. The van der Waals surface area contributed by atoms with E-state index >= 15 is 0 Å². The SMILES string of the molecule is c1ccc2cc(N(c3ccc(-c4cccc5c4ccc4ccccc45)cc3)c3ccc(-c4cccc5c4oc4ccccc45)cc3)ccc2c1. The van der Waals surface area contributed by atoms with Gasteiger partial charge in [0.25, 0.3) is 0 Å². The molecule has 0 aliphatic carbocycles. The van der Waals surface area contributed by atoms with Gasteiger partial charge in [-0.15, -0.1) is 0 Å². The lowest BCUT2D eigenvalue weighted by atomic mass is 9.94. The minimum absolute atomic E-state index is 0.911. The van der Waals surface area contributed by atoms with E-state index in [0.29, 0.717) is 0 Å². The predicted octanol–water partition coefficient (Wildman–Crippen LogP) is 13.8. The van der Waals surface area contributed by atoms with Gasteiger partial charge in [0.1, 0.15) is 11.2 Å². The molecule has 0 aliphatic rings. The molecule has 2 nitrogen and oxygen atoms in total. The van der Waals surface area contributed by atoms with E-state index in [1.54, 1.807) is 0 Å². The molecule has 0 unspecified atom stereocenters. The fourth-order valence-electron chi connectivity index (χ4n) is 7.61. The molecule has 0 aliphatic heterocycles. The van der Waals surface area contributed by atoms with Crippen molar-refractivity contribution in [1.82, 2.24) is 0 Å². The number of para-hydroxylation sites is 2. The summed E-state index contributed by atoms with van der Waals surface area (Å²) in [7, 11) is 0. The molecule has 10 aromatic rings. The van der Waals surface area contributed by atoms with Gasteiger partial charge in [0.15, 0.2) is 0 Å². The summed E-state index contributed by atoms with van der Waals surface area (Å²) < 4.78 is 6.38. The molecule has 0 saturated carbocycles. The normalized spacial score (nSPS) is 11.6. The first kappa shape index (κ1) is 28.4. The van der Waals surface area contributed by atoms with Crippen molar-refractivity contribution in [3.63, 3.8) is 0 Å². The van der Waals surface area contributed by atoms with E-state index in [-0.39, 0.29) is 0 Å². The molecular formula is C48H31NO. The Hall–Kier alpha value is -6.64. The zero-order valence-corrected chi connectivity index (χ0v) is 27.3. The summed E-state index contributed by atoms with van der Waals surface area (Å²) in [6.07, 6.45) is 0. The summed E-state index contributed by atoms with van der Waals surface area (Å²) in [6.45, 7) is 0. The fourth-order valence-corrected chi connectivity index (χ4v) is 7.61. The van der Waals surface area contributed by atoms with Gasteiger partial charge in [-0.1, -0.05) is 146 Å². The molecule has 9 aromatic carbocycles. The largest absolute Gasteiger partial charge is 0.455 e. The van der Waals surface area contributed by atoms with Gasteiger partial charge in [0.2, 0.25) is 0 Å². The zero-order chi connectivity index (χ0) is 33.0. The number of benzene rings is 9. The van der Waals surface area contributed by atoms with Crippen molar-refractivity contribution in [2.24, 2.45) is 0 Å². The van der Waals surface area contributed by atoms with Crippen LogP contribution < -0.4 is 4.90 Å². The molecule has 2 heteroatoms. The van der Waals surface area contributed by atoms with Gasteiger partial charge in [-0.25, -0.2) is 0 Å². The standard InChI is InChI=1S/C48H31NO/c1-2-11-36-31-39(29-19-32(36)9-1)49(38-27-22-35(23-28-38)42-15-8-17-46-45-13-5-6-18-47(45)50-48(42)46)37-25-20-34(21-26-37)41-14-7-16-43-40-12-4-3-10-33(40)24-30-44(41)43/h1-31H. The van der Waals surface area contributed by atoms with Crippen molar-refractivity contribution in [3.05, 3.63) is 188 Å². The lowest BCUT2D eigenvalue weighted by Crippen LogP contribution is -2.09. The van der Waals surface area contributed by atoms with Gasteiger partial charge in [0.05, 0.1) is 0 Å². The summed E-state index contributed by atoms with van der Waals surface area (Å²) >= 11 is 0. The summed E-state index contributed by atoms with van der Waals surface area (Å²) in [4.78, 5) is 2.35. The molecule has 10 rings (SSSR count). The van der Waals surface area contributed by atoms with Gasteiger partial charge < -0.3 is 9.32 Å². The molecular weight excluding hydrogens is 607 g/mol. The lowest BCUT2D eigenvalue weighted by molar-refractivity contribution is 0.670. The number of anilines is 3. The van der Waals surface area contributed by atoms with Crippen LogP contribution in [0.15, 0.2) is 192 Å². The van der Waals surface area contributed by atoms with Crippen LogP contribution in [0.4, 0.5) is 17.1 Å². The average Bonchev–Trinajstić information content (AvgIpc) is 3.57. The third-order valence-corrected chi connectivity index (χ3v) is 10.1. The molecule has 50 heavy (non-hydrogen) atoms. The fraction of sp³-hybridized carbons (Fsp3) is 0. The predicted molar refractivity (Wildman–Crippen MR) is 212 cm³/mol. The van der Waals surface area contributed by atoms with Crippen molar-refractivity contribution in [3.8, 4) is 22.3 Å². The average molecular weight is 638 g/mol. The highest BCUT2D eigenvalue weighted by molar-refractivity contribution is 6.12. The van der Waals surface area contributed by atoms with Crippen molar-refractivity contribution in [2.75, 3.05) is 4.90 Å². The topological polar surface area (TPSA) is 16.4 Å². The Bertz CT molecular complexity index is 2860. The molecule has 0 saturated heterocycles. The molecule has 0 N–H and O–H groups in total. The molecule has 0 spiro atoms. The van der Waals surface area contributed by atoms with Crippen molar-refractivity contribution in [1.29, 1.82) is 0 Å². The minimum atomic E-state index is 0.911. The number of rotatable bonds is 5. The van der Waals surface area contributed by atoms with Crippen LogP contribution in [0.25, 0.3) is 76.5 Å². The van der Waals surface area contributed by atoms with Crippen LogP contribution in [0.1, 0.15) is 0 Å². The van der Waals surface area contributed by atoms with E-state index in [1.165, 1.54) is 43.4 Å². The van der Waals surface area contributed by atoms with Gasteiger partial charge in [-0.3, -0.25) is 0 Å². The van der Waals surface area contributed by atoms with Gasteiger partial charge >= 0.3 is 0 Å². The molecule has 0 atom stereocenters. The van der Waals surface area contributed by atoms with Gasteiger partial charge in [-0.05, 0) is 91.5 Å². The highest BCUT2D eigenvalue weighted by Gasteiger charge is 2.16. The second kappa shape index (κ2) is 11.5. The van der Waals surface area contributed by atoms with Crippen LogP contribution in [0, 0.1) is 0 Å². The molecule has 1 aromatic heterocycles. The smallest absolute Gasteiger partial charge is 0.143 e. The molecule has 0 fully saturated rings. The summed E-state index contributed by atoms with van der Waals surface area (Å²) in [5.41, 5.74) is 9.78. The number of hydrogen-bond acceptors (Lipinski definition) is 2. The van der Waals surface area contributed by atoms with Gasteiger partial charge in [-0.2, -0.15) is 0 Å².